The van der Waals surface area contributed by atoms with Crippen LogP contribution in [0.25, 0.3) is 0 Å². The number of hydrogen-bond acceptors (Lipinski definition) is 2. The minimum Gasteiger partial charge on any atom is -0.316 e. The number of nitrogens with one attached hydrogen (secondary N) is 1. The molecule has 0 bridgehead atoms. The number of nitrogens with zero attached hydrogens (tertiary/aromatic N) is 1. The van der Waals surface area contributed by atoms with Crippen LogP contribution in [-0.2, 0) is 0 Å². The number of nitriles is 1. The zero-order valence-electron chi connectivity index (χ0n) is 10.2. The van der Waals surface area contributed by atoms with Crippen molar-refractivity contribution in [3.63, 3.8) is 0 Å². The van der Waals surface area contributed by atoms with Crippen molar-refractivity contribution in [2.75, 3.05) is 7.05 Å². The van der Waals surface area contributed by atoms with E-state index in [1.54, 1.807) is 0 Å². The van der Waals surface area contributed by atoms with Crippen LogP contribution < -0.4 is 5.32 Å². The lowest BCUT2D eigenvalue weighted by Gasteiger charge is -2.45. The van der Waals surface area contributed by atoms with Crippen LogP contribution in [0.5, 0.6) is 0 Å². The Balaban J connectivity index is 1.92. The predicted octanol–water partition coefficient (Wildman–Crippen LogP) is 2.56. The third-order valence-electron chi connectivity index (χ3n) is 5.58. The second-order valence-corrected chi connectivity index (χ2v) is 5.99. The van der Waals surface area contributed by atoms with Crippen LogP contribution >= 0.6 is 0 Å². The number of fused-ring (bicyclic) bond motifs is 2. The molecule has 0 heterocycles. The molecule has 0 aliphatic heterocycles. The Bertz CT molecular complexity index is 284. The zero-order chi connectivity index (χ0) is 11.1. The second-order valence-electron chi connectivity index (χ2n) is 5.99. The molecule has 3 aliphatic rings. The summed E-state index contributed by atoms with van der Waals surface area (Å²) in [4.78, 5) is 0. The molecule has 0 aromatic heterocycles. The van der Waals surface area contributed by atoms with Crippen molar-refractivity contribution >= 4 is 0 Å². The van der Waals surface area contributed by atoms with E-state index >= 15 is 0 Å². The van der Waals surface area contributed by atoms with E-state index in [1.165, 1.54) is 38.5 Å². The van der Waals surface area contributed by atoms with E-state index < -0.39 is 0 Å². The maximum atomic E-state index is 9.47. The molecule has 4 unspecified atom stereocenters. The first-order valence-electron chi connectivity index (χ1n) is 6.93. The molecule has 4 atom stereocenters. The van der Waals surface area contributed by atoms with Gasteiger partial charge >= 0.3 is 0 Å². The molecule has 16 heavy (non-hydrogen) atoms. The molecule has 0 amide bonds. The Morgan fingerprint density at radius 2 is 1.44 bits per heavy atom. The fraction of sp³-hybridized carbons (Fsp3) is 0.929. The lowest BCUT2D eigenvalue weighted by Crippen LogP contribution is -2.51. The summed E-state index contributed by atoms with van der Waals surface area (Å²) in [6.07, 6.45) is 8.04. The first-order chi connectivity index (χ1) is 7.86. The van der Waals surface area contributed by atoms with Crippen LogP contribution in [0, 0.1) is 40.9 Å². The van der Waals surface area contributed by atoms with E-state index in [1.807, 2.05) is 0 Å². The summed E-state index contributed by atoms with van der Waals surface area (Å²) in [5, 5.41) is 13.1. The standard InChI is InChI=1S/C14H22N2/c1-16-14-11-6-2-4-9(11)13(8-15)10-5-3-7-12(10)14/h9-14,16H,2-7H2,1H3. The normalized spacial score (nSPS) is 50.8. The van der Waals surface area contributed by atoms with Crippen molar-refractivity contribution in [1.29, 1.82) is 5.26 Å². The zero-order valence-corrected chi connectivity index (χ0v) is 10.2. The molecule has 0 spiro atoms. The van der Waals surface area contributed by atoms with Gasteiger partial charge in [0.2, 0.25) is 0 Å². The summed E-state index contributed by atoms with van der Waals surface area (Å²) in [5.41, 5.74) is 0. The smallest absolute Gasteiger partial charge is 0.0661 e. The lowest BCUT2D eigenvalue weighted by molar-refractivity contribution is 0.0672. The minimum atomic E-state index is 0.379. The van der Waals surface area contributed by atoms with Crippen molar-refractivity contribution < 1.29 is 0 Å². The summed E-state index contributed by atoms with van der Waals surface area (Å²) < 4.78 is 0. The molecular formula is C14H22N2. The van der Waals surface area contributed by atoms with Gasteiger partial charge < -0.3 is 5.32 Å². The third kappa shape index (κ3) is 1.34. The van der Waals surface area contributed by atoms with E-state index in [0.29, 0.717) is 23.8 Å². The molecule has 88 valence electrons. The monoisotopic (exact) mass is 218 g/mol. The SMILES string of the molecule is CNC1C2CCCC2C(C#N)C2CCCC21. The summed E-state index contributed by atoms with van der Waals surface area (Å²) in [6.45, 7) is 0. The highest BCUT2D eigenvalue weighted by molar-refractivity contribution is 5.09. The molecular weight excluding hydrogens is 196 g/mol. The highest BCUT2D eigenvalue weighted by atomic mass is 14.9. The fourth-order valence-electron chi connectivity index (χ4n) is 5.07. The van der Waals surface area contributed by atoms with Gasteiger partial charge in [0, 0.05) is 6.04 Å². The highest BCUT2D eigenvalue weighted by Gasteiger charge is 2.52. The first kappa shape index (κ1) is 10.6. The molecule has 3 rings (SSSR count). The molecule has 3 aliphatic carbocycles. The minimum absolute atomic E-state index is 0.379. The largest absolute Gasteiger partial charge is 0.316 e. The Kier molecular flexibility index (Phi) is 2.67. The van der Waals surface area contributed by atoms with E-state index in [0.717, 1.165) is 11.8 Å². The van der Waals surface area contributed by atoms with Crippen molar-refractivity contribution in [2.24, 2.45) is 29.6 Å². The van der Waals surface area contributed by atoms with Gasteiger partial charge in [-0.3, -0.25) is 0 Å². The van der Waals surface area contributed by atoms with Gasteiger partial charge in [0.25, 0.3) is 0 Å². The van der Waals surface area contributed by atoms with Gasteiger partial charge in [0.15, 0.2) is 0 Å². The topological polar surface area (TPSA) is 35.8 Å². The molecule has 0 aromatic carbocycles. The summed E-state index contributed by atoms with van der Waals surface area (Å²) in [5.74, 6) is 3.40. The molecule has 0 radical (unpaired) electrons. The van der Waals surface area contributed by atoms with Crippen LogP contribution in [-0.4, -0.2) is 13.1 Å². The highest BCUT2D eigenvalue weighted by Crippen LogP contribution is 2.54. The van der Waals surface area contributed by atoms with Crippen LogP contribution in [0.3, 0.4) is 0 Å². The van der Waals surface area contributed by atoms with Gasteiger partial charge in [-0.1, -0.05) is 12.8 Å². The summed E-state index contributed by atoms with van der Waals surface area (Å²) in [7, 11) is 2.13. The van der Waals surface area contributed by atoms with E-state index in [9.17, 15) is 5.26 Å². The average Bonchev–Trinajstić information content (AvgIpc) is 2.93. The van der Waals surface area contributed by atoms with Gasteiger partial charge in [-0.05, 0) is 56.4 Å². The molecule has 1 N–H and O–H groups in total. The number of hydrogen-bond donors (Lipinski definition) is 1. The molecule has 0 saturated heterocycles. The van der Waals surface area contributed by atoms with Gasteiger partial charge in [-0.25, -0.2) is 0 Å². The van der Waals surface area contributed by atoms with Crippen LogP contribution in [0.2, 0.25) is 0 Å². The van der Waals surface area contributed by atoms with E-state index in [4.69, 9.17) is 0 Å². The van der Waals surface area contributed by atoms with Crippen molar-refractivity contribution in [1.82, 2.24) is 5.32 Å². The molecule has 3 fully saturated rings. The van der Waals surface area contributed by atoms with Gasteiger partial charge in [0.05, 0.1) is 12.0 Å². The molecule has 0 aromatic rings. The summed E-state index contributed by atoms with van der Waals surface area (Å²) in [6, 6.07) is 3.38. The fourth-order valence-corrected chi connectivity index (χ4v) is 5.07. The van der Waals surface area contributed by atoms with Crippen LogP contribution in [0.15, 0.2) is 0 Å². The van der Waals surface area contributed by atoms with Gasteiger partial charge in [0.1, 0.15) is 0 Å². The Labute approximate surface area is 98.4 Å². The Hall–Kier alpha value is -0.550. The third-order valence-corrected chi connectivity index (χ3v) is 5.58. The van der Waals surface area contributed by atoms with Crippen molar-refractivity contribution in [3.05, 3.63) is 0 Å². The van der Waals surface area contributed by atoms with Gasteiger partial charge in [-0.2, -0.15) is 5.26 Å². The molecule has 2 heteroatoms. The van der Waals surface area contributed by atoms with Crippen LogP contribution in [0.4, 0.5) is 0 Å². The maximum Gasteiger partial charge on any atom is 0.0661 e. The number of rotatable bonds is 1. The quantitative estimate of drug-likeness (QED) is 0.734. The van der Waals surface area contributed by atoms with E-state index in [2.05, 4.69) is 18.4 Å². The lowest BCUT2D eigenvalue weighted by atomic mass is 9.62. The average molecular weight is 218 g/mol. The first-order valence-corrected chi connectivity index (χ1v) is 6.93. The Morgan fingerprint density at radius 3 is 1.88 bits per heavy atom. The van der Waals surface area contributed by atoms with Crippen molar-refractivity contribution in [3.8, 4) is 6.07 Å². The van der Waals surface area contributed by atoms with Crippen molar-refractivity contribution in [2.45, 2.75) is 44.6 Å². The second kappa shape index (κ2) is 4.04. The molecule has 3 saturated carbocycles. The maximum absolute atomic E-state index is 9.47. The Morgan fingerprint density at radius 1 is 0.938 bits per heavy atom. The predicted molar refractivity (Wildman–Crippen MR) is 63.6 cm³/mol. The van der Waals surface area contributed by atoms with Crippen LogP contribution in [0.1, 0.15) is 38.5 Å². The summed E-state index contributed by atoms with van der Waals surface area (Å²) >= 11 is 0. The van der Waals surface area contributed by atoms with Gasteiger partial charge in [-0.15, -0.1) is 0 Å². The van der Waals surface area contributed by atoms with E-state index in [-0.39, 0.29) is 0 Å². The molecule has 2 nitrogen and oxygen atoms in total.